The lowest BCUT2D eigenvalue weighted by Gasteiger charge is -2.36. The van der Waals surface area contributed by atoms with Crippen LogP contribution in [0.4, 0.5) is 0 Å². The van der Waals surface area contributed by atoms with Crippen LogP contribution in [-0.4, -0.2) is 61.4 Å². The van der Waals surface area contributed by atoms with Crippen LogP contribution in [0.25, 0.3) is 0 Å². The second-order valence-corrected chi connectivity index (χ2v) is 7.75. The molecule has 1 atom stereocenters. The van der Waals surface area contributed by atoms with Crippen LogP contribution in [0.1, 0.15) is 36.8 Å². The summed E-state index contributed by atoms with van der Waals surface area (Å²) in [7, 11) is 0. The lowest BCUT2D eigenvalue weighted by atomic mass is 10.2. The van der Waals surface area contributed by atoms with Crippen LogP contribution in [0.3, 0.4) is 0 Å². The van der Waals surface area contributed by atoms with Crippen molar-refractivity contribution in [3.63, 3.8) is 0 Å². The van der Waals surface area contributed by atoms with Crippen molar-refractivity contribution in [2.24, 2.45) is 0 Å². The molecule has 1 aliphatic heterocycles. The average Bonchev–Trinajstić information content (AvgIpc) is 3.17. The van der Waals surface area contributed by atoms with Crippen LogP contribution in [0, 0.1) is 13.8 Å². The van der Waals surface area contributed by atoms with E-state index in [2.05, 4.69) is 51.1 Å². The molecule has 8 heteroatoms. The summed E-state index contributed by atoms with van der Waals surface area (Å²) in [5.74, 6) is 0.137. The highest BCUT2D eigenvalue weighted by atomic mass is 79.9. The van der Waals surface area contributed by atoms with Gasteiger partial charge in [0.1, 0.15) is 6.04 Å². The molecule has 0 radical (unpaired) electrons. The highest BCUT2D eigenvalue weighted by molar-refractivity contribution is 9.10. The number of nitrogens with zero attached hydrogens (tertiary/aromatic N) is 6. The predicted molar refractivity (Wildman–Crippen MR) is 104 cm³/mol. The van der Waals surface area contributed by atoms with E-state index in [4.69, 9.17) is 0 Å². The maximum absolute atomic E-state index is 12.8. The minimum Gasteiger partial charge on any atom is -0.338 e. The molecule has 2 aromatic heterocycles. The Hall–Kier alpha value is -1.67. The fourth-order valence-electron chi connectivity index (χ4n) is 3.41. The van der Waals surface area contributed by atoms with E-state index in [1.807, 2.05) is 23.4 Å². The highest BCUT2D eigenvalue weighted by Gasteiger charge is 2.27. The Labute approximate surface area is 163 Å². The molecule has 0 aliphatic carbocycles. The number of aromatic nitrogens is 4. The lowest BCUT2D eigenvalue weighted by molar-refractivity contribution is -0.136. The van der Waals surface area contributed by atoms with Gasteiger partial charge in [-0.3, -0.25) is 19.1 Å². The molecule has 3 heterocycles. The lowest BCUT2D eigenvalue weighted by Crippen LogP contribution is -2.50. The number of carbonyl (C=O) groups excluding carboxylic acids is 1. The van der Waals surface area contributed by atoms with Crippen molar-refractivity contribution in [1.82, 2.24) is 29.4 Å². The van der Waals surface area contributed by atoms with Gasteiger partial charge in [0.05, 0.1) is 22.1 Å². The van der Waals surface area contributed by atoms with Crippen LogP contribution in [0.5, 0.6) is 0 Å². The minimum atomic E-state index is -0.280. The number of hydrogen-bond acceptors (Lipinski definition) is 4. The van der Waals surface area contributed by atoms with Gasteiger partial charge in [-0.1, -0.05) is 0 Å². The Morgan fingerprint density at radius 2 is 1.96 bits per heavy atom. The Bertz CT molecular complexity index is 775. The zero-order valence-electron chi connectivity index (χ0n) is 15.9. The third-order valence-electron chi connectivity index (χ3n) is 5.16. The minimum absolute atomic E-state index is 0.137. The number of halogens is 1. The van der Waals surface area contributed by atoms with Gasteiger partial charge in [-0.15, -0.1) is 0 Å². The van der Waals surface area contributed by atoms with Crippen molar-refractivity contribution in [2.75, 3.05) is 26.2 Å². The van der Waals surface area contributed by atoms with E-state index >= 15 is 0 Å². The largest absolute Gasteiger partial charge is 0.338 e. The Morgan fingerprint density at radius 3 is 2.50 bits per heavy atom. The SMILES string of the molecule is CCn1cc(CN2CCN(C(=O)C(C)n3ncc(Br)c3C)CC2)c(C)n1. The van der Waals surface area contributed by atoms with E-state index in [-0.39, 0.29) is 11.9 Å². The summed E-state index contributed by atoms with van der Waals surface area (Å²) in [4.78, 5) is 17.2. The normalized spacial score (nSPS) is 16.9. The number of aryl methyl sites for hydroxylation is 2. The summed E-state index contributed by atoms with van der Waals surface area (Å²) in [6.45, 7) is 13.1. The van der Waals surface area contributed by atoms with Gasteiger partial charge in [0.2, 0.25) is 5.91 Å². The summed E-state index contributed by atoms with van der Waals surface area (Å²) < 4.78 is 4.71. The molecular weight excluding hydrogens is 396 g/mol. The van der Waals surface area contributed by atoms with E-state index in [9.17, 15) is 4.79 Å². The smallest absolute Gasteiger partial charge is 0.247 e. The standard InChI is InChI=1S/C18H27BrN6O/c1-5-24-12-16(13(2)21-24)11-22-6-8-23(9-7-22)18(26)15(4)25-14(3)17(19)10-20-25/h10,12,15H,5-9,11H2,1-4H3. The van der Waals surface area contributed by atoms with Crippen molar-refractivity contribution in [3.05, 3.63) is 33.8 Å². The number of rotatable bonds is 5. The van der Waals surface area contributed by atoms with Crippen molar-refractivity contribution in [3.8, 4) is 0 Å². The van der Waals surface area contributed by atoms with E-state index in [0.29, 0.717) is 0 Å². The Kier molecular flexibility index (Phi) is 5.82. The van der Waals surface area contributed by atoms with Crippen molar-refractivity contribution >= 4 is 21.8 Å². The van der Waals surface area contributed by atoms with E-state index in [0.717, 1.165) is 55.1 Å². The summed E-state index contributed by atoms with van der Waals surface area (Å²) in [5, 5.41) is 8.84. The second kappa shape index (κ2) is 7.92. The topological polar surface area (TPSA) is 59.2 Å². The molecule has 26 heavy (non-hydrogen) atoms. The molecule has 1 amide bonds. The Morgan fingerprint density at radius 1 is 1.27 bits per heavy atom. The molecule has 0 aromatic carbocycles. The molecule has 1 aliphatic rings. The number of hydrogen-bond donors (Lipinski definition) is 0. The Balaban J connectivity index is 1.56. The fraction of sp³-hybridized carbons (Fsp3) is 0.611. The maximum Gasteiger partial charge on any atom is 0.247 e. The first-order valence-electron chi connectivity index (χ1n) is 9.14. The first-order chi connectivity index (χ1) is 12.4. The van der Waals surface area contributed by atoms with Gasteiger partial charge in [0, 0.05) is 51.0 Å². The summed E-state index contributed by atoms with van der Waals surface area (Å²) in [5.41, 5.74) is 3.35. The van der Waals surface area contributed by atoms with Gasteiger partial charge in [0.15, 0.2) is 0 Å². The molecule has 0 spiro atoms. The van der Waals surface area contributed by atoms with Gasteiger partial charge >= 0.3 is 0 Å². The van der Waals surface area contributed by atoms with Crippen LogP contribution in [-0.2, 0) is 17.9 Å². The monoisotopic (exact) mass is 422 g/mol. The maximum atomic E-state index is 12.8. The summed E-state index contributed by atoms with van der Waals surface area (Å²) in [6.07, 6.45) is 3.88. The molecule has 0 bridgehead atoms. The van der Waals surface area contributed by atoms with Gasteiger partial charge in [-0.05, 0) is 43.6 Å². The van der Waals surface area contributed by atoms with Crippen LogP contribution < -0.4 is 0 Å². The zero-order chi connectivity index (χ0) is 18.8. The van der Waals surface area contributed by atoms with Crippen molar-refractivity contribution < 1.29 is 4.79 Å². The molecule has 1 saturated heterocycles. The van der Waals surface area contributed by atoms with Crippen molar-refractivity contribution in [1.29, 1.82) is 0 Å². The average molecular weight is 423 g/mol. The molecular formula is C18H27BrN6O. The molecule has 142 valence electrons. The quantitative estimate of drug-likeness (QED) is 0.741. The second-order valence-electron chi connectivity index (χ2n) is 6.90. The van der Waals surface area contributed by atoms with Gasteiger partial charge in [0.25, 0.3) is 0 Å². The molecule has 2 aromatic rings. The molecule has 7 nitrogen and oxygen atoms in total. The van der Waals surface area contributed by atoms with E-state index in [1.165, 1.54) is 5.56 Å². The van der Waals surface area contributed by atoms with Gasteiger partial charge in [-0.2, -0.15) is 10.2 Å². The summed E-state index contributed by atoms with van der Waals surface area (Å²) in [6, 6.07) is -0.280. The third-order valence-corrected chi connectivity index (χ3v) is 5.94. The van der Waals surface area contributed by atoms with Crippen molar-refractivity contribution in [2.45, 2.75) is 46.8 Å². The van der Waals surface area contributed by atoms with E-state index in [1.54, 1.807) is 10.9 Å². The zero-order valence-corrected chi connectivity index (χ0v) is 17.5. The van der Waals surface area contributed by atoms with Crippen LogP contribution in [0.2, 0.25) is 0 Å². The molecule has 1 fully saturated rings. The first kappa shape index (κ1) is 19.1. The number of piperazine rings is 1. The predicted octanol–water partition coefficient (Wildman–Crippen LogP) is 2.38. The van der Waals surface area contributed by atoms with E-state index < -0.39 is 0 Å². The van der Waals surface area contributed by atoms with Gasteiger partial charge in [-0.25, -0.2) is 0 Å². The van der Waals surface area contributed by atoms with Gasteiger partial charge < -0.3 is 4.90 Å². The molecule has 0 saturated carbocycles. The molecule has 3 rings (SSSR count). The molecule has 1 unspecified atom stereocenters. The fourth-order valence-corrected chi connectivity index (χ4v) is 3.68. The number of amides is 1. The highest BCUT2D eigenvalue weighted by Crippen LogP contribution is 2.20. The number of carbonyl (C=O) groups is 1. The third kappa shape index (κ3) is 3.86. The van der Waals surface area contributed by atoms with Crippen LogP contribution in [0.15, 0.2) is 16.9 Å². The van der Waals surface area contributed by atoms with Crippen LogP contribution >= 0.6 is 15.9 Å². The first-order valence-corrected chi connectivity index (χ1v) is 9.93. The molecule has 0 N–H and O–H groups in total. The summed E-state index contributed by atoms with van der Waals surface area (Å²) >= 11 is 3.46.